The molecule has 1 atom stereocenters. The summed E-state index contributed by atoms with van der Waals surface area (Å²) in [6.45, 7) is 9.79. The van der Waals surface area contributed by atoms with Crippen molar-refractivity contribution in [1.29, 1.82) is 0 Å². The molecule has 0 aliphatic heterocycles. The van der Waals surface area contributed by atoms with E-state index in [9.17, 15) is 0 Å². The van der Waals surface area contributed by atoms with Gasteiger partial charge in [0.05, 0.1) is 0 Å². The first-order valence-electron chi connectivity index (χ1n) is 5.34. The predicted octanol–water partition coefficient (Wildman–Crippen LogP) is 3.99. The minimum atomic E-state index is 0.120. The molecule has 0 aromatic heterocycles. The van der Waals surface area contributed by atoms with E-state index in [1.807, 2.05) is 36.4 Å². The molecule has 2 aromatic carbocycles. The van der Waals surface area contributed by atoms with Crippen molar-refractivity contribution < 1.29 is 0 Å². The first kappa shape index (κ1) is 10.7. The van der Waals surface area contributed by atoms with Gasteiger partial charge in [0.15, 0.2) is 0 Å². The molecule has 0 spiro atoms. The molecule has 0 amide bonds. The van der Waals surface area contributed by atoms with Crippen molar-refractivity contribution in [2.24, 2.45) is 0 Å². The third-order valence-electron chi connectivity index (χ3n) is 2.74. The Morgan fingerprint density at radius 2 is 1.56 bits per heavy atom. The van der Waals surface area contributed by atoms with Crippen LogP contribution in [-0.4, -0.2) is 0 Å². The zero-order valence-electron chi connectivity index (χ0n) is 9.14. The van der Waals surface area contributed by atoms with Crippen LogP contribution in [0.25, 0.3) is 0 Å². The minimum absolute atomic E-state index is 0.120. The minimum Gasteiger partial charge on any atom is -0.0726 e. The topological polar surface area (TPSA) is 0 Å². The molecule has 0 nitrogen and oxygen atoms in total. The van der Waals surface area contributed by atoms with E-state index in [1.165, 1.54) is 5.56 Å². The van der Waals surface area contributed by atoms with Crippen LogP contribution in [0.2, 0.25) is 0 Å². The molecule has 0 bridgehead atoms. The van der Waals surface area contributed by atoms with Crippen LogP contribution in [0.4, 0.5) is 0 Å². The van der Waals surface area contributed by atoms with Gasteiger partial charge in [-0.1, -0.05) is 67.3 Å². The highest BCUT2D eigenvalue weighted by Gasteiger charge is 2.11. The summed E-state index contributed by atoms with van der Waals surface area (Å²) in [5.41, 5.74) is 3.38. The van der Waals surface area contributed by atoms with Crippen LogP contribution in [0.15, 0.2) is 60.7 Å². The van der Waals surface area contributed by atoms with Crippen molar-refractivity contribution in [1.82, 2.24) is 0 Å². The quantitative estimate of drug-likeness (QED) is 0.712. The maximum absolute atomic E-state index is 5.75. The Kier molecular flexibility index (Phi) is 3.21. The predicted molar refractivity (Wildman–Crippen MR) is 68.1 cm³/mol. The fraction of sp³-hybridized carbons (Fsp3) is 0.0625. The summed E-state index contributed by atoms with van der Waals surface area (Å²) in [5.74, 6) is 0.120. The molecular formula is C16H14. The molecule has 0 aliphatic rings. The van der Waals surface area contributed by atoms with Crippen molar-refractivity contribution in [3.05, 3.63) is 90.9 Å². The number of hydrogen-bond acceptors (Lipinski definition) is 0. The third-order valence-corrected chi connectivity index (χ3v) is 2.74. The van der Waals surface area contributed by atoms with Gasteiger partial charge >= 0.3 is 0 Å². The Hall–Kier alpha value is -1.82. The Morgan fingerprint density at radius 1 is 0.938 bits per heavy atom. The summed E-state index contributed by atoms with van der Waals surface area (Å²) < 4.78 is 0. The molecule has 16 heavy (non-hydrogen) atoms. The molecule has 0 saturated carbocycles. The van der Waals surface area contributed by atoms with Crippen molar-refractivity contribution in [3.8, 4) is 0 Å². The fourth-order valence-corrected chi connectivity index (χ4v) is 1.89. The molecule has 1 unspecified atom stereocenters. The van der Waals surface area contributed by atoms with E-state index in [0.29, 0.717) is 0 Å². The van der Waals surface area contributed by atoms with E-state index in [-0.39, 0.29) is 5.92 Å². The molecule has 0 aliphatic carbocycles. The van der Waals surface area contributed by atoms with E-state index in [0.717, 1.165) is 11.1 Å². The molecule has 2 radical (unpaired) electrons. The maximum Gasteiger partial charge on any atom is 0.0275 e. The van der Waals surface area contributed by atoms with E-state index < -0.39 is 0 Å². The molecule has 0 N–H and O–H groups in total. The zero-order valence-corrected chi connectivity index (χ0v) is 9.14. The standard InChI is InChI=1S/C16H14/c1-3-15(14-10-5-4-6-11-14)16-12-8-7-9-13(16)2/h1,3-12,15H,2H2. The van der Waals surface area contributed by atoms with Crippen molar-refractivity contribution >= 4 is 0 Å². The van der Waals surface area contributed by atoms with Gasteiger partial charge in [0.25, 0.3) is 0 Å². The van der Waals surface area contributed by atoms with Crippen molar-refractivity contribution in [3.63, 3.8) is 0 Å². The molecule has 78 valence electrons. The molecule has 0 heterocycles. The van der Waals surface area contributed by atoms with Crippen LogP contribution >= 0.6 is 0 Å². The highest BCUT2D eigenvalue weighted by molar-refractivity contribution is 5.41. The van der Waals surface area contributed by atoms with Gasteiger partial charge < -0.3 is 0 Å². The van der Waals surface area contributed by atoms with Crippen LogP contribution in [0.1, 0.15) is 22.6 Å². The molecule has 2 rings (SSSR count). The van der Waals surface area contributed by atoms with Gasteiger partial charge in [-0.3, -0.25) is 0 Å². The molecular weight excluding hydrogens is 192 g/mol. The summed E-state index contributed by atoms with van der Waals surface area (Å²) in [4.78, 5) is 0. The highest BCUT2D eigenvalue weighted by Crippen LogP contribution is 2.27. The lowest BCUT2D eigenvalue weighted by Crippen LogP contribution is -1.99. The van der Waals surface area contributed by atoms with Gasteiger partial charge in [0.2, 0.25) is 0 Å². The van der Waals surface area contributed by atoms with Crippen LogP contribution < -0.4 is 0 Å². The Labute approximate surface area is 97.3 Å². The summed E-state index contributed by atoms with van der Waals surface area (Å²) >= 11 is 0. The SMILES string of the molecule is [CH]=CC(c1ccccc1)c1ccccc1[CH2]. The van der Waals surface area contributed by atoms with E-state index in [1.54, 1.807) is 6.08 Å². The van der Waals surface area contributed by atoms with Gasteiger partial charge in [0, 0.05) is 5.92 Å². The lowest BCUT2D eigenvalue weighted by Gasteiger charge is -2.15. The van der Waals surface area contributed by atoms with Crippen LogP contribution in [0, 0.1) is 13.5 Å². The van der Waals surface area contributed by atoms with E-state index in [2.05, 4.69) is 25.1 Å². The van der Waals surface area contributed by atoms with E-state index in [4.69, 9.17) is 6.58 Å². The average Bonchev–Trinajstić information content (AvgIpc) is 2.34. The summed E-state index contributed by atoms with van der Waals surface area (Å²) in [5, 5.41) is 0. The first-order valence-corrected chi connectivity index (χ1v) is 5.34. The Balaban J connectivity index is 2.45. The zero-order chi connectivity index (χ0) is 11.4. The number of hydrogen-bond donors (Lipinski definition) is 0. The maximum atomic E-state index is 5.75. The molecule has 2 aromatic rings. The third kappa shape index (κ3) is 2.06. The highest BCUT2D eigenvalue weighted by atomic mass is 14.1. The molecule has 0 heteroatoms. The Bertz CT molecular complexity index is 468. The number of benzene rings is 2. The summed E-state index contributed by atoms with van der Waals surface area (Å²) in [6.07, 6.45) is 1.72. The van der Waals surface area contributed by atoms with Gasteiger partial charge in [0.1, 0.15) is 0 Å². The summed E-state index contributed by atoms with van der Waals surface area (Å²) in [6, 6.07) is 18.3. The largest absolute Gasteiger partial charge is 0.0726 e. The van der Waals surface area contributed by atoms with Crippen LogP contribution in [0.5, 0.6) is 0 Å². The second-order valence-electron chi connectivity index (χ2n) is 3.78. The molecule has 0 saturated heterocycles. The first-order chi connectivity index (χ1) is 7.83. The van der Waals surface area contributed by atoms with Crippen molar-refractivity contribution in [2.75, 3.05) is 0 Å². The Morgan fingerprint density at radius 3 is 2.19 bits per heavy atom. The fourth-order valence-electron chi connectivity index (χ4n) is 1.89. The smallest absolute Gasteiger partial charge is 0.0275 e. The van der Waals surface area contributed by atoms with E-state index >= 15 is 0 Å². The second kappa shape index (κ2) is 4.80. The monoisotopic (exact) mass is 206 g/mol. The second-order valence-corrected chi connectivity index (χ2v) is 3.78. The normalized spacial score (nSPS) is 12.1. The van der Waals surface area contributed by atoms with Crippen LogP contribution in [0.3, 0.4) is 0 Å². The summed E-state index contributed by atoms with van der Waals surface area (Å²) in [7, 11) is 0. The number of rotatable bonds is 3. The lowest BCUT2D eigenvalue weighted by atomic mass is 9.89. The van der Waals surface area contributed by atoms with Gasteiger partial charge in [-0.15, -0.1) is 0 Å². The van der Waals surface area contributed by atoms with Gasteiger partial charge in [-0.05, 0) is 23.6 Å². The van der Waals surface area contributed by atoms with Crippen molar-refractivity contribution in [2.45, 2.75) is 5.92 Å². The van der Waals surface area contributed by atoms with Gasteiger partial charge in [-0.25, -0.2) is 0 Å². The lowest BCUT2D eigenvalue weighted by molar-refractivity contribution is 1.02. The average molecular weight is 206 g/mol. The molecule has 0 fully saturated rings. The van der Waals surface area contributed by atoms with Gasteiger partial charge in [-0.2, -0.15) is 0 Å². The van der Waals surface area contributed by atoms with Crippen LogP contribution in [-0.2, 0) is 0 Å². The number of allylic oxidation sites excluding steroid dienone is 1.